The Bertz CT molecular complexity index is 1050. The first-order chi connectivity index (χ1) is 14.8. The Labute approximate surface area is 200 Å². The van der Waals surface area contributed by atoms with Crippen LogP contribution in [0, 0.1) is 0 Å². The van der Waals surface area contributed by atoms with Gasteiger partial charge in [0.1, 0.15) is 5.82 Å². The van der Waals surface area contributed by atoms with Gasteiger partial charge in [-0.25, -0.2) is 4.98 Å². The SMILES string of the molecule is CCCCC(c1ncc[nH]1)c1ccc(-c2ccccc2)c(-c2nn[nH]n2)c1CCN.Cl.Cl. The summed E-state index contributed by atoms with van der Waals surface area (Å²) in [5.41, 5.74) is 11.7. The molecule has 2 heterocycles. The van der Waals surface area contributed by atoms with Crippen LogP contribution in [0.15, 0.2) is 54.9 Å². The van der Waals surface area contributed by atoms with Crippen LogP contribution in [0.3, 0.4) is 0 Å². The Kier molecular flexibility index (Phi) is 9.84. The average molecular weight is 474 g/mol. The topological polar surface area (TPSA) is 109 Å². The van der Waals surface area contributed by atoms with E-state index in [-0.39, 0.29) is 30.7 Å². The maximum Gasteiger partial charge on any atom is 0.205 e. The molecule has 0 bridgehead atoms. The Morgan fingerprint density at radius 1 is 1.06 bits per heavy atom. The largest absolute Gasteiger partial charge is 0.348 e. The number of hydrogen-bond acceptors (Lipinski definition) is 5. The predicted octanol–water partition coefficient (Wildman–Crippen LogP) is 4.92. The Morgan fingerprint density at radius 2 is 1.88 bits per heavy atom. The van der Waals surface area contributed by atoms with Crippen LogP contribution in [-0.4, -0.2) is 37.1 Å². The zero-order valence-electron chi connectivity index (χ0n) is 18.0. The fraction of sp³-hybridized carbons (Fsp3) is 0.304. The van der Waals surface area contributed by atoms with Crippen LogP contribution >= 0.6 is 24.8 Å². The summed E-state index contributed by atoms with van der Waals surface area (Å²) in [7, 11) is 0. The van der Waals surface area contributed by atoms with Crippen LogP contribution in [0.4, 0.5) is 0 Å². The van der Waals surface area contributed by atoms with Gasteiger partial charge in [-0.3, -0.25) is 0 Å². The van der Waals surface area contributed by atoms with Crippen LogP contribution in [0.25, 0.3) is 22.5 Å². The first-order valence-electron chi connectivity index (χ1n) is 10.5. The van der Waals surface area contributed by atoms with Crippen molar-refractivity contribution >= 4 is 24.8 Å². The van der Waals surface area contributed by atoms with Crippen molar-refractivity contribution < 1.29 is 0 Å². The summed E-state index contributed by atoms with van der Waals surface area (Å²) in [4.78, 5) is 7.91. The molecule has 0 aliphatic carbocycles. The average Bonchev–Trinajstić information content (AvgIpc) is 3.50. The highest BCUT2D eigenvalue weighted by Gasteiger charge is 2.25. The quantitative estimate of drug-likeness (QED) is 0.319. The maximum absolute atomic E-state index is 6.07. The van der Waals surface area contributed by atoms with E-state index in [4.69, 9.17) is 5.73 Å². The predicted molar refractivity (Wildman–Crippen MR) is 132 cm³/mol. The van der Waals surface area contributed by atoms with Crippen LogP contribution in [0.2, 0.25) is 0 Å². The second-order valence-electron chi connectivity index (χ2n) is 7.37. The molecule has 0 spiro atoms. The molecule has 2 aromatic heterocycles. The van der Waals surface area contributed by atoms with Crippen molar-refractivity contribution in [2.75, 3.05) is 6.54 Å². The van der Waals surface area contributed by atoms with Crippen LogP contribution in [-0.2, 0) is 6.42 Å². The molecule has 0 radical (unpaired) electrons. The number of tetrazole rings is 1. The molecule has 0 saturated heterocycles. The van der Waals surface area contributed by atoms with Gasteiger partial charge in [0.2, 0.25) is 5.82 Å². The van der Waals surface area contributed by atoms with Gasteiger partial charge < -0.3 is 10.7 Å². The molecule has 0 saturated carbocycles. The number of H-pyrrole nitrogens is 2. The van der Waals surface area contributed by atoms with Crippen molar-refractivity contribution in [1.82, 2.24) is 30.6 Å². The van der Waals surface area contributed by atoms with Crippen molar-refractivity contribution in [3.05, 3.63) is 71.8 Å². The molecule has 1 atom stereocenters. The van der Waals surface area contributed by atoms with Gasteiger partial charge in [0.05, 0.1) is 0 Å². The number of halogens is 2. The zero-order valence-corrected chi connectivity index (χ0v) is 19.6. The summed E-state index contributed by atoms with van der Waals surface area (Å²) in [5.74, 6) is 1.73. The van der Waals surface area contributed by atoms with Gasteiger partial charge in [-0.05, 0) is 46.9 Å². The minimum Gasteiger partial charge on any atom is -0.348 e. The van der Waals surface area contributed by atoms with E-state index >= 15 is 0 Å². The van der Waals surface area contributed by atoms with Gasteiger partial charge >= 0.3 is 0 Å². The summed E-state index contributed by atoms with van der Waals surface area (Å²) in [6.45, 7) is 2.75. The number of nitrogens with two attached hydrogens (primary N) is 1. The number of imidazole rings is 1. The molecule has 4 rings (SSSR count). The van der Waals surface area contributed by atoms with Gasteiger partial charge in [0, 0.05) is 23.9 Å². The van der Waals surface area contributed by atoms with Gasteiger partial charge in [0.25, 0.3) is 0 Å². The lowest BCUT2D eigenvalue weighted by molar-refractivity contribution is 0.623. The van der Waals surface area contributed by atoms with Gasteiger partial charge in [-0.2, -0.15) is 5.21 Å². The number of benzene rings is 2. The molecular formula is C23H29Cl2N7. The minimum absolute atomic E-state index is 0. The second-order valence-corrected chi connectivity index (χ2v) is 7.37. The highest BCUT2D eigenvalue weighted by Crippen LogP contribution is 2.40. The molecule has 4 N–H and O–H groups in total. The molecule has 0 aliphatic rings. The van der Waals surface area contributed by atoms with Crippen LogP contribution in [0.1, 0.15) is 49.1 Å². The first kappa shape index (κ1) is 25.5. The summed E-state index contributed by atoms with van der Waals surface area (Å²) in [6, 6.07) is 14.7. The van der Waals surface area contributed by atoms with Gasteiger partial charge in [0.15, 0.2) is 0 Å². The van der Waals surface area contributed by atoms with E-state index in [9.17, 15) is 0 Å². The number of nitrogens with one attached hydrogen (secondary N) is 2. The third-order valence-electron chi connectivity index (χ3n) is 5.47. The van der Waals surface area contributed by atoms with E-state index in [0.29, 0.717) is 12.4 Å². The highest BCUT2D eigenvalue weighted by atomic mass is 35.5. The number of unbranched alkanes of at least 4 members (excludes halogenated alkanes) is 1. The molecule has 32 heavy (non-hydrogen) atoms. The lowest BCUT2D eigenvalue weighted by Crippen LogP contribution is -2.13. The molecule has 4 aromatic rings. The van der Waals surface area contributed by atoms with E-state index in [1.807, 2.05) is 30.6 Å². The zero-order chi connectivity index (χ0) is 20.8. The Hall–Kier alpha value is -2.74. The second kappa shape index (κ2) is 12.3. The normalized spacial score (nSPS) is 11.4. The lowest BCUT2D eigenvalue weighted by atomic mass is 9.82. The fourth-order valence-corrected chi connectivity index (χ4v) is 4.10. The molecule has 0 aliphatic heterocycles. The molecule has 1 unspecified atom stereocenters. The number of aromatic nitrogens is 6. The number of rotatable bonds is 9. The Morgan fingerprint density at radius 3 is 2.50 bits per heavy atom. The molecular weight excluding hydrogens is 445 g/mol. The summed E-state index contributed by atoms with van der Waals surface area (Å²) in [6.07, 6.45) is 7.68. The summed E-state index contributed by atoms with van der Waals surface area (Å²) >= 11 is 0. The number of hydrogen-bond donors (Lipinski definition) is 3. The van der Waals surface area contributed by atoms with Crippen LogP contribution in [0.5, 0.6) is 0 Å². The molecule has 0 amide bonds. The lowest BCUT2D eigenvalue weighted by Gasteiger charge is -2.23. The van der Waals surface area contributed by atoms with Crippen molar-refractivity contribution in [2.24, 2.45) is 5.73 Å². The van der Waals surface area contributed by atoms with Crippen molar-refractivity contribution in [3.8, 4) is 22.5 Å². The third-order valence-corrected chi connectivity index (χ3v) is 5.47. The number of aromatic amines is 2. The molecule has 2 aromatic carbocycles. The molecule has 170 valence electrons. The van der Waals surface area contributed by atoms with Crippen LogP contribution < -0.4 is 5.73 Å². The van der Waals surface area contributed by atoms with Crippen molar-refractivity contribution in [2.45, 2.75) is 38.5 Å². The molecule has 7 nitrogen and oxygen atoms in total. The van der Waals surface area contributed by atoms with Gasteiger partial charge in [-0.1, -0.05) is 62.2 Å². The third kappa shape index (κ3) is 5.35. The van der Waals surface area contributed by atoms with E-state index < -0.39 is 0 Å². The molecule has 9 heteroatoms. The van der Waals surface area contributed by atoms with E-state index in [1.165, 1.54) is 5.56 Å². The summed E-state index contributed by atoms with van der Waals surface area (Å²) < 4.78 is 0. The van der Waals surface area contributed by atoms with E-state index in [1.54, 1.807) is 0 Å². The van der Waals surface area contributed by atoms with E-state index in [2.05, 4.69) is 61.8 Å². The molecule has 0 fully saturated rings. The number of nitrogens with zero attached hydrogens (tertiary/aromatic N) is 4. The fourth-order valence-electron chi connectivity index (χ4n) is 4.10. The summed E-state index contributed by atoms with van der Waals surface area (Å²) in [5, 5.41) is 15.1. The maximum atomic E-state index is 6.07. The highest BCUT2D eigenvalue weighted by molar-refractivity contribution is 5.86. The van der Waals surface area contributed by atoms with E-state index in [0.717, 1.165) is 53.8 Å². The standard InChI is InChI=1S/C23H27N7.2ClH/c1-2-3-9-20(22-25-14-15-26-22)18-11-10-17(16-7-5-4-6-8-16)21(19(18)12-13-24)23-27-29-30-28-23;;/h4-8,10-11,14-15,20H,2-3,9,12-13,24H2,1H3,(H,25,26)(H,27,28,29,30);2*1H. The first-order valence-corrected chi connectivity index (χ1v) is 10.5. The monoisotopic (exact) mass is 473 g/mol. The van der Waals surface area contributed by atoms with Crippen molar-refractivity contribution in [1.29, 1.82) is 0 Å². The van der Waals surface area contributed by atoms with Gasteiger partial charge in [-0.15, -0.1) is 35.0 Å². The minimum atomic E-state index is 0. The van der Waals surface area contributed by atoms with Crippen molar-refractivity contribution in [3.63, 3.8) is 0 Å². The Balaban J connectivity index is 0.00000181. The smallest absolute Gasteiger partial charge is 0.205 e.